The molecular weight excluding hydrogens is 216 g/mol. The predicted octanol–water partition coefficient (Wildman–Crippen LogP) is 3.02. The van der Waals surface area contributed by atoms with Crippen LogP contribution in [0.15, 0.2) is 0 Å². The molecule has 3 atom stereocenters. The average Bonchev–Trinajstić information content (AvgIpc) is 2.38. The van der Waals surface area contributed by atoms with Crippen molar-refractivity contribution in [2.45, 2.75) is 79.0 Å². The number of hydrogen-bond acceptors (Lipinski definition) is 3. The van der Waals surface area contributed by atoms with Gasteiger partial charge in [-0.05, 0) is 34.6 Å². The van der Waals surface area contributed by atoms with Gasteiger partial charge in [0.2, 0.25) is 0 Å². The van der Waals surface area contributed by atoms with Gasteiger partial charge in [0, 0.05) is 5.41 Å². The van der Waals surface area contributed by atoms with Crippen LogP contribution in [-0.4, -0.2) is 37.1 Å². The minimum Gasteiger partial charge on any atom is -0.376 e. The Balaban J connectivity index is 2.68. The SMILES string of the molecule is CC(C)OC[C@@H]1O[C@@H](C)C(C)(C)[C@H]1OC(C)C. The van der Waals surface area contributed by atoms with Crippen molar-refractivity contribution in [3.05, 3.63) is 0 Å². The van der Waals surface area contributed by atoms with E-state index >= 15 is 0 Å². The summed E-state index contributed by atoms with van der Waals surface area (Å²) in [6.45, 7) is 15.4. The van der Waals surface area contributed by atoms with Crippen molar-refractivity contribution in [1.82, 2.24) is 0 Å². The molecule has 1 rings (SSSR count). The van der Waals surface area contributed by atoms with Gasteiger partial charge >= 0.3 is 0 Å². The number of rotatable bonds is 5. The van der Waals surface area contributed by atoms with Gasteiger partial charge in [-0.15, -0.1) is 0 Å². The topological polar surface area (TPSA) is 27.7 Å². The van der Waals surface area contributed by atoms with Crippen molar-refractivity contribution in [1.29, 1.82) is 0 Å². The Morgan fingerprint density at radius 1 is 1.12 bits per heavy atom. The minimum absolute atomic E-state index is 0.0370. The molecule has 102 valence electrons. The fourth-order valence-electron chi connectivity index (χ4n) is 2.19. The van der Waals surface area contributed by atoms with E-state index in [0.29, 0.717) is 6.61 Å². The first-order valence-electron chi connectivity index (χ1n) is 6.67. The van der Waals surface area contributed by atoms with Crippen LogP contribution in [0.1, 0.15) is 48.5 Å². The quantitative estimate of drug-likeness (QED) is 0.744. The van der Waals surface area contributed by atoms with Crippen LogP contribution in [-0.2, 0) is 14.2 Å². The third-order valence-electron chi connectivity index (χ3n) is 3.51. The highest BCUT2D eigenvalue weighted by Crippen LogP contribution is 2.40. The molecule has 0 N–H and O–H groups in total. The molecule has 1 aliphatic heterocycles. The zero-order valence-corrected chi connectivity index (χ0v) is 12.3. The summed E-state index contributed by atoms with van der Waals surface area (Å²) in [5, 5.41) is 0. The van der Waals surface area contributed by atoms with E-state index in [1.165, 1.54) is 0 Å². The molecule has 0 aromatic heterocycles. The molecule has 0 aliphatic carbocycles. The van der Waals surface area contributed by atoms with Gasteiger partial charge in [-0.25, -0.2) is 0 Å². The molecular formula is C14H28O3. The van der Waals surface area contributed by atoms with Crippen LogP contribution >= 0.6 is 0 Å². The van der Waals surface area contributed by atoms with Crippen molar-refractivity contribution < 1.29 is 14.2 Å². The minimum atomic E-state index is 0.0370. The van der Waals surface area contributed by atoms with Crippen molar-refractivity contribution >= 4 is 0 Å². The summed E-state index contributed by atoms with van der Waals surface area (Å²) >= 11 is 0. The first-order valence-corrected chi connectivity index (χ1v) is 6.67. The Morgan fingerprint density at radius 3 is 2.18 bits per heavy atom. The van der Waals surface area contributed by atoms with Gasteiger partial charge in [-0.3, -0.25) is 0 Å². The summed E-state index contributed by atoms with van der Waals surface area (Å²) in [4.78, 5) is 0. The van der Waals surface area contributed by atoms with Crippen LogP contribution in [0.2, 0.25) is 0 Å². The number of hydrogen-bond donors (Lipinski definition) is 0. The lowest BCUT2D eigenvalue weighted by molar-refractivity contribution is -0.0934. The van der Waals surface area contributed by atoms with E-state index in [4.69, 9.17) is 14.2 Å². The lowest BCUT2D eigenvalue weighted by Crippen LogP contribution is -2.40. The highest BCUT2D eigenvalue weighted by Gasteiger charge is 2.49. The lowest BCUT2D eigenvalue weighted by Gasteiger charge is -2.31. The van der Waals surface area contributed by atoms with Crippen molar-refractivity contribution in [3.63, 3.8) is 0 Å². The van der Waals surface area contributed by atoms with Gasteiger partial charge in [0.1, 0.15) is 6.10 Å². The first-order chi connectivity index (χ1) is 7.75. The summed E-state index contributed by atoms with van der Waals surface area (Å²) in [5.74, 6) is 0. The molecule has 0 amide bonds. The van der Waals surface area contributed by atoms with E-state index in [-0.39, 0.29) is 35.9 Å². The molecule has 0 aromatic rings. The third-order valence-corrected chi connectivity index (χ3v) is 3.51. The van der Waals surface area contributed by atoms with Crippen LogP contribution in [0.4, 0.5) is 0 Å². The molecule has 0 saturated carbocycles. The molecule has 1 fully saturated rings. The van der Waals surface area contributed by atoms with Crippen molar-refractivity contribution in [3.8, 4) is 0 Å². The van der Waals surface area contributed by atoms with E-state index < -0.39 is 0 Å². The van der Waals surface area contributed by atoms with E-state index in [1.54, 1.807) is 0 Å². The Bertz CT molecular complexity index is 236. The van der Waals surface area contributed by atoms with Gasteiger partial charge < -0.3 is 14.2 Å². The molecule has 1 aliphatic rings. The normalized spacial score (nSPS) is 32.6. The Labute approximate surface area is 106 Å². The van der Waals surface area contributed by atoms with Crippen LogP contribution in [0, 0.1) is 5.41 Å². The summed E-state index contributed by atoms with van der Waals surface area (Å²) < 4.78 is 17.7. The molecule has 3 nitrogen and oxygen atoms in total. The zero-order chi connectivity index (χ0) is 13.2. The molecule has 0 bridgehead atoms. The Kier molecular flexibility index (Phi) is 4.99. The smallest absolute Gasteiger partial charge is 0.108 e. The largest absolute Gasteiger partial charge is 0.376 e. The lowest BCUT2D eigenvalue weighted by atomic mass is 9.82. The molecule has 0 radical (unpaired) electrons. The Hall–Kier alpha value is -0.120. The second-order valence-electron chi connectivity index (χ2n) is 6.13. The highest BCUT2D eigenvalue weighted by molar-refractivity contribution is 4.96. The standard InChI is InChI=1S/C14H28O3/c1-9(2)15-8-12-13(16-10(3)4)14(6,7)11(5)17-12/h9-13H,8H2,1-7H3/t11-,12-,13-/m0/s1. The summed E-state index contributed by atoms with van der Waals surface area (Å²) in [5.41, 5.74) is 0.0370. The predicted molar refractivity (Wildman–Crippen MR) is 69.2 cm³/mol. The fourth-order valence-corrected chi connectivity index (χ4v) is 2.19. The maximum atomic E-state index is 6.04. The van der Waals surface area contributed by atoms with Crippen LogP contribution in [0.3, 0.4) is 0 Å². The molecule has 17 heavy (non-hydrogen) atoms. The van der Waals surface area contributed by atoms with Gasteiger partial charge in [0.25, 0.3) is 0 Å². The molecule has 1 heterocycles. The van der Waals surface area contributed by atoms with E-state index in [2.05, 4.69) is 34.6 Å². The molecule has 3 heteroatoms. The van der Waals surface area contributed by atoms with E-state index in [1.807, 2.05) is 13.8 Å². The van der Waals surface area contributed by atoms with E-state index in [0.717, 1.165) is 0 Å². The van der Waals surface area contributed by atoms with Gasteiger partial charge in [-0.2, -0.15) is 0 Å². The average molecular weight is 244 g/mol. The molecule has 0 aromatic carbocycles. The van der Waals surface area contributed by atoms with Gasteiger partial charge in [0.05, 0.1) is 31.0 Å². The fraction of sp³-hybridized carbons (Fsp3) is 1.00. The first kappa shape index (κ1) is 14.9. The van der Waals surface area contributed by atoms with Crippen molar-refractivity contribution in [2.24, 2.45) is 5.41 Å². The molecule has 0 spiro atoms. The Morgan fingerprint density at radius 2 is 1.71 bits per heavy atom. The molecule has 0 unspecified atom stereocenters. The summed E-state index contributed by atoms with van der Waals surface area (Å²) in [6.07, 6.45) is 0.806. The maximum Gasteiger partial charge on any atom is 0.108 e. The molecule has 1 saturated heterocycles. The van der Waals surface area contributed by atoms with Crippen LogP contribution in [0.5, 0.6) is 0 Å². The van der Waals surface area contributed by atoms with Gasteiger partial charge in [0.15, 0.2) is 0 Å². The third kappa shape index (κ3) is 3.67. The monoisotopic (exact) mass is 244 g/mol. The maximum absolute atomic E-state index is 6.04. The van der Waals surface area contributed by atoms with Crippen LogP contribution in [0.25, 0.3) is 0 Å². The second kappa shape index (κ2) is 5.68. The summed E-state index contributed by atoms with van der Waals surface area (Å²) in [7, 11) is 0. The highest BCUT2D eigenvalue weighted by atomic mass is 16.6. The van der Waals surface area contributed by atoms with Gasteiger partial charge in [-0.1, -0.05) is 13.8 Å². The number of ether oxygens (including phenoxy) is 3. The zero-order valence-electron chi connectivity index (χ0n) is 12.3. The van der Waals surface area contributed by atoms with E-state index in [9.17, 15) is 0 Å². The second-order valence-corrected chi connectivity index (χ2v) is 6.13. The van der Waals surface area contributed by atoms with Crippen molar-refractivity contribution in [2.75, 3.05) is 6.61 Å². The summed E-state index contributed by atoms with van der Waals surface area (Å²) in [6, 6.07) is 0. The van der Waals surface area contributed by atoms with Crippen LogP contribution < -0.4 is 0 Å².